The number of nitrogens with zero attached hydrogens (tertiary/aromatic N) is 3. The van der Waals surface area contributed by atoms with Crippen molar-refractivity contribution >= 4 is 17.6 Å². The number of rotatable bonds is 10. The fourth-order valence-corrected chi connectivity index (χ4v) is 5.01. The van der Waals surface area contributed by atoms with E-state index < -0.39 is 12.0 Å². The lowest BCUT2D eigenvalue weighted by Crippen LogP contribution is -2.48. The minimum absolute atomic E-state index is 0.155. The summed E-state index contributed by atoms with van der Waals surface area (Å²) in [5.41, 5.74) is 2.84. The number of esters is 1. The number of aromatic nitrogens is 2. The molecule has 0 bridgehead atoms. The second-order valence-electron chi connectivity index (χ2n) is 10.1. The van der Waals surface area contributed by atoms with Crippen LogP contribution in [0.15, 0.2) is 91.4 Å². The first-order chi connectivity index (χ1) is 20.0. The van der Waals surface area contributed by atoms with E-state index in [0.717, 1.165) is 11.3 Å². The van der Waals surface area contributed by atoms with Crippen molar-refractivity contribution in [1.82, 2.24) is 14.9 Å². The molecule has 1 aliphatic rings. The van der Waals surface area contributed by atoms with E-state index in [-0.39, 0.29) is 24.1 Å². The maximum atomic E-state index is 13.2. The van der Waals surface area contributed by atoms with Gasteiger partial charge in [-0.25, -0.2) is 14.2 Å². The van der Waals surface area contributed by atoms with Crippen LogP contribution in [0.4, 0.5) is 10.1 Å². The van der Waals surface area contributed by atoms with Gasteiger partial charge in [0.05, 0.1) is 19.1 Å². The van der Waals surface area contributed by atoms with Gasteiger partial charge in [0.1, 0.15) is 23.4 Å². The van der Waals surface area contributed by atoms with Crippen LogP contribution in [0.2, 0.25) is 0 Å². The number of hydrogen-bond acceptors (Lipinski definition) is 6. The van der Waals surface area contributed by atoms with Crippen molar-refractivity contribution in [3.8, 4) is 11.5 Å². The van der Waals surface area contributed by atoms with Crippen molar-refractivity contribution in [2.24, 2.45) is 5.92 Å². The van der Waals surface area contributed by atoms with Gasteiger partial charge in [0.15, 0.2) is 0 Å². The largest absolute Gasteiger partial charge is 0.467 e. The molecule has 0 aliphatic carbocycles. The van der Waals surface area contributed by atoms with Crippen LogP contribution in [-0.4, -0.2) is 47.7 Å². The number of imidazole rings is 1. The molecule has 1 N–H and O–H groups in total. The van der Waals surface area contributed by atoms with Gasteiger partial charge in [-0.1, -0.05) is 36.4 Å². The maximum absolute atomic E-state index is 13.2. The summed E-state index contributed by atoms with van der Waals surface area (Å²) in [6.07, 6.45) is 5.16. The van der Waals surface area contributed by atoms with Gasteiger partial charge in [-0.15, -0.1) is 0 Å². The van der Waals surface area contributed by atoms with Gasteiger partial charge in [-0.05, 0) is 54.8 Å². The highest BCUT2D eigenvalue weighted by Gasteiger charge is 2.30. The highest BCUT2D eigenvalue weighted by Crippen LogP contribution is 2.29. The second kappa shape index (κ2) is 13.1. The molecular weight excluding hydrogens is 523 g/mol. The summed E-state index contributed by atoms with van der Waals surface area (Å²) in [6, 6.07) is 22.8. The lowest BCUT2D eigenvalue weighted by atomic mass is 9.95. The van der Waals surface area contributed by atoms with Crippen molar-refractivity contribution in [3.05, 3.63) is 108 Å². The topological polar surface area (TPSA) is 85.7 Å². The highest BCUT2D eigenvalue weighted by atomic mass is 19.1. The Morgan fingerprint density at radius 1 is 1.00 bits per heavy atom. The third kappa shape index (κ3) is 7.51. The molecule has 0 saturated carbocycles. The molecule has 8 nitrogen and oxygen atoms in total. The molecule has 212 valence electrons. The molecule has 4 aromatic rings. The van der Waals surface area contributed by atoms with Crippen molar-refractivity contribution in [2.75, 3.05) is 25.1 Å². The molecule has 1 fully saturated rings. The summed E-state index contributed by atoms with van der Waals surface area (Å²) in [5.74, 6) is 0.0323. The first-order valence-electron chi connectivity index (χ1n) is 13.7. The van der Waals surface area contributed by atoms with Crippen LogP contribution in [0.5, 0.6) is 11.5 Å². The van der Waals surface area contributed by atoms with E-state index in [1.807, 2.05) is 65.4 Å². The van der Waals surface area contributed by atoms with E-state index in [9.17, 15) is 14.0 Å². The number of amides is 1. The standard InChI is InChI=1S/C32H33FN4O4/c1-40-32(39)30(18-26-21-36(22-34-26)20-23-6-3-2-4-7-23)35-31(38)24-14-16-37(17-15-24)27-8-5-9-29(19-27)41-28-12-10-25(33)11-13-28/h2-13,19,21-22,24,30H,14-18,20H2,1H3,(H,35,38)/t30-/m0/s1. The number of hydrogen-bond donors (Lipinski definition) is 1. The van der Waals surface area contributed by atoms with Crippen LogP contribution in [-0.2, 0) is 27.3 Å². The Morgan fingerprint density at radius 3 is 2.49 bits per heavy atom. The van der Waals surface area contributed by atoms with Crippen LogP contribution in [0.25, 0.3) is 0 Å². The molecule has 0 spiro atoms. The molecule has 1 atom stereocenters. The van der Waals surface area contributed by atoms with Crippen LogP contribution < -0.4 is 15.0 Å². The van der Waals surface area contributed by atoms with E-state index in [1.165, 1.54) is 19.2 Å². The molecule has 0 radical (unpaired) electrons. The molecule has 9 heteroatoms. The maximum Gasteiger partial charge on any atom is 0.328 e. The van der Waals surface area contributed by atoms with Crippen LogP contribution in [0.3, 0.4) is 0 Å². The Bertz CT molecular complexity index is 1450. The lowest BCUT2D eigenvalue weighted by molar-refractivity contribution is -0.145. The number of nitrogens with one attached hydrogen (secondary N) is 1. The van der Waals surface area contributed by atoms with Crippen LogP contribution >= 0.6 is 0 Å². The molecule has 1 aromatic heterocycles. The zero-order valence-corrected chi connectivity index (χ0v) is 22.9. The Hall–Kier alpha value is -4.66. The van der Waals surface area contributed by atoms with Crippen LogP contribution in [0.1, 0.15) is 24.1 Å². The summed E-state index contributed by atoms with van der Waals surface area (Å²) in [5, 5.41) is 2.91. The number of piperidine rings is 1. The molecule has 0 unspecified atom stereocenters. The average molecular weight is 557 g/mol. The van der Waals surface area contributed by atoms with Gasteiger partial charge < -0.3 is 24.3 Å². The monoisotopic (exact) mass is 556 g/mol. The number of methoxy groups -OCH3 is 1. The molecule has 2 heterocycles. The molecule has 1 aliphatic heterocycles. The number of halogens is 1. The molecule has 41 heavy (non-hydrogen) atoms. The van der Waals surface area contributed by atoms with Crippen molar-refractivity contribution < 1.29 is 23.5 Å². The Kier molecular flexibility index (Phi) is 8.93. The Balaban J connectivity index is 1.15. The third-order valence-electron chi connectivity index (χ3n) is 7.21. The zero-order valence-electron chi connectivity index (χ0n) is 22.9. The van der Waals surface area contributed by atoms with Gasteiger partial charge in [0, 0.05) is 49.9 Å². The highest BCUT2D eigenvalue weighted by molar-refractivity contribution is 5.86. The third-order valence-corrected chi connectivity index (χ3v) is 7.21. The summed E-state index contributed by atoms with van der Waals surface area (Å²) in [4.78, 5) is 32.4. The molecule has 3 aromatic carbocycles. The van der Waals surface area contributed by atoms with E-state index in [4.69, 9.17) is 9.47 Å². The summed E-state index contributed by atoms with van der Waals surface area (Å²) < 4.78 is 26.0. The van der Waals surface area contributed by atoms with Gasteiger partial charge in [0.25, 0.3) is 0 Å². The summed E-state index contributed by atoms with van der Waals surface area (Å²) >= 11 is 0. The quantitative estimate of drug-likeness (QED) is 0.278. The number of benzene rings is 3. The predicted octanol–water partition coefficient (Wildman–Crippen LogP) is 4.98. The summed E-state index contributed by atoms with van der Waals surface area (Å²) in [7, 11) is 1.32. The predicted molar refractivity (Wildman–Crippen MR) is 153 cm³/mol. The number of carbonyl (C=O) groups excluding carboxylic acids is 2. The Labute approximate surface area is 238 Å². The van der Waals surface area contributed by atoms with Crippen molar-refractivity contribution in [1.29, 1.82) is 0 Å². The first-order valence-corrected chi connectivity index (χ1v) is 13.7. The second-order valence-corrected chi connectivity index (χ2v) is 10.1. The number of anilines is 1. The van der Waals surface area contributed by atoms with Gasteiger partial charge in [-0.2, -0.15) is 0 Å². The van der Waals surface area contributed by atoms with E-state index in [1.54, 1.807) is 18.5 Å². The first kappa shape index (κ1) is 27.9. The average Bonchev–Trinajstić information content (AvgIpc) is 3.44. The fourth-order valence-electron chi connectivity index (χ4n) is 5.01. The van der Waals surface area contributed by atoms with Crippen molar-refractivity contribution in [3.63, 3.8) is 0 Å². The molecular formula is C32H33FN4O4. The molecule has 1 saturated heterocycles. The zero-order chi connectivity index (χ0) is 28.6. The molecule has 1 amide bonds. The summed E-state index contributed by atoms with van der Waals surface area (Å²) in [6.45, 7) is 2.04. The normalized spacial score (nSPS) is 14.3. The van der Waals surface area contributed by atoms with Gasteiger partial charge in [-0.3, -0.25) is 4.79 Å². The minimum Gasteiger partial charge on any atom is -0.467 e. The number of ether oxygens (including phenoxy) is 2. The van der Waals surface area contributed by atoms with E-state index in [0.29, 0.717) is 49.7 Å². The van der Waals surface area contributed by atoms with Crippen LogP contribution in [0, 0.1) is 11.7 Å². The Morgan fingerprint density at radius 2 is 1.76 bits per heavy atom. The number of carbonyl (C=O) groups is 2. The minimum atomic E-state index is -0.814. The molecule has 5 rings (SSSR count). The van der Waals surface area contributed by atoms with Crippen molar-refractivity contribution in [2.45, 2.75) is 31.8 Å². The van der Waals surface area contributed by atoms with Gasteiger partial charge in [0.2, 0.25) is 5.91 Å². The fraction of sp³-hybridized carbons (Fsp3) is 0.281. The van der Waals surface area contributed by atoms with E-state index >= 15 is 0 Å². The van der Waals surface area contributed by atoms with Gasteiger partial charge >= 0.3 is 5.97 Å². The SMILES string of the molecule is COC(=O)[C@H](Cc1cn(Cc2ccccc2)cn1)NC(=O)C1CCN(c2cccc(Oc3ccc(F)cc3)c2)CC1. The lowest BCUT2D eigenvalue weighted by Gasteiger charge is -2.33. The van der Waals surface area contributed by atoms with E-state index in [2.05, 4.69) is 15.2 Å². The smallest absolute Gasteiger partial charge is 0.328 e.